The van der Waals surface area contributed by atoms with Gasteiger partial charge in [0, 0.05) is 5.69 Å². The molecule has 3 aromatic carbocycles. The van der Waals surface area contributed by atoms with Crippen LogP contribution in [0.5, 0.6) is 5.75 Å². The second-order valence-electron chi connectivity index (χ2n) is 10.8. The van der Waals surface area contributed by atoms with E-state index >= 15 is 0 Å². The summed E-state index contributed by atoms with van der Waals surface area (Å²) in [4.78, 5) is 39.2. The molecule has 1 saturated carbocycles. The smallest absolute Gasteiger partial charge is 0.480 e. The van der Waals surface area contributed by atoms with E-state index in [-0.39, 0.29) is 22.7 Å². The van der Waals surface area contributed by atoms with Crippen LogP contribution in [-0.2, 0) is 4.79 Å². The van der Waals surface area contributed by atoms with Crippen molar-refractivity contribution in [1.82, 2.24) is 5.32 Å². The zero-order valence-corrected chi connectivity index (χ0v) is 24.1. The Bertz CT molecular complexity index is 1480. The number of halogens is 3. The number of aliphatic carboxylic acids is 1. The maximum atomic E-state index is 13.8. The van der Waals surface area contributed by atoms with E-state index in [9.17, 15) is 32.7 Å². The zero-order chi connectivity index (χ0) is 31.3. The number of carbonyl (C=O) groups excluding carboxylic acids is 2. The molecular formula is C32H34F3N3O5. The lowest BCUT2D eigenvalue weighted by Crippen LogP contribution is -2.46. The molecule has 0 bridgehead atoms. The first-order valence-electron chi connectivity index (χ1n) is 14.0. The predicted octanol–water partition coefficient (Wildman–Crippen LogP) is 7.58. The molecule has 228 valence electrons. The topological polar surface area (TPSA) is 117 Å². The SMILES string of the molecule is Cc1cc(C)c(NC(=O)Nc2cccc(-c3ccc(OC(F)(F)F)cc3)c2C(=O)N[C@H](C(=O)O)C2CCCCC2)c(C)c1. The predicted molar refractivity (Wildman–Crippen MR) is 157 cm³/mol. The van der Waals surface area contributed by atoms with Crippen LogP contribution in [0.3, 0.4) is 0 Å². The number of nitrogens with one attached hydrogen (secondary N) is 3. The molecule has 0 unspecified atom stereocenters. The molecule has 0 aliphatic heterocycles. The van der Waals surface area contributed by atoms with Gasteiger partial charge in [0.2, 0.25) is 0 Å². The average Bonchev–Trinajstić information content (AvgIpc) is 2.93. The van der Waals surface area contributed by atoms with Crippen molar-refractivity contribution in [2.24, 2.45) is 5.92 Å². The summed E-state index contributed by atoms with van der Waals surface area (Å²) < 4.78 is 42.1. The number of carboxylic acids is 1. The van der Waals surface area contributed by atoms with E-state index in [0.717, 1.165) is 48.1 Å². The Morgan fingerprint density at radius 2 is 1.53 bits per heavy atom. The molecule has 0 aromatic heterocycles. The van der Waals surface area contributed by atoms with Crippen LogP contribution in [0.1, 0.15) is 59.2 Å². The third-order valence-corrected chi connectivity index (χ3v) is 7.53. The van der Waals surface area contributed by atoms with Gasteiger partial charge in [-0.25, -0.2) is 9.59 Å². The Labute approximate surface area is 247 Å². The Kier molecular flexibility index (Phi) is 9.63. The largest absolute Gasteiger partial charge is 0.573 e. The number of urea groups is 1. The lowest BCUT2D eigenvalue weighted by Gasteiger charge is -2.28. The number of aryl methyl sites for hydroxylation is 3. The molecule has 8 nitrogen and oxygen atoms in total. The van der Waals surface area contributed by atoms with E-state index in [1.54, 1.807) is 12.1 Å². The van der Waals surface area contributed by atoms with Gasteiger partial charge in [0.1, 0.15) is 11.8 Å². The minimum Gasteiger partial charge on any atom is -0.480 e. The van der Waals surface area contributed by atoms with Crippen LogP contribution in [-0.4, -0.2) is 35.4 Å². The fourth-order valence-corrected chi connectivity index (χ4v) is 5.68. The van der Waals surface area contributed by atoms with E-state index in [2.05, 4.69) is 20.7 Å². The lowest BCUT2D eigenvalue weighted by molar-refractivity contribution is -0.274. The Hall–Kier alpha value is -4.54. The summed E-state index contributed by atoms with van der Waals surface area (Å²) in [6, 6.07) is 11.7. The fourth-order valence-electron chi connectivity index (χ4n) is 5.68. The molecule has 1 fully saturated rings. The number of alkyl halides is 3. The molecule has 0 heterocycles. The van der Waals surface area contributed by atoms with Gasteiger partial charge in [-0.1, -0.05) is 61.2 Å². The molecule has 0 saturated heterocycles. The monoisotopic (exact) mass is 597 g/mol. The minimum absolute atomic E-state index is 0.0263. The van der Waals surface area contributed by atoms with Gasteiger partial charge in [0.25, 0.3) is 5.91 Å². The van der Waals surface area contributed by atoms with Gasteiger partial charge in [-0.15, -0.1) is 13.2 Å². The van der Waals surface area contributed by atoms with Crippen molar-refractivity contribution in [3.63, 3.8) is 0 Å². The maximum Gasteiger partial charge on any atom is 0.573 e. The summed E-state index contributed by atoms with van der Waals surface area (Å²) >= 11 is 0. The quantitative estimate of drug-likeness (QED) is 0.214. The number of anilines is 2. The third-order valence-electron chi connectivity index (χ3n) is 7.53. The number of rotatable bonds is 8. The number of carbonyl (C=O) groups is 3. The molecule has 0 radical (unpaired) electrons. The Balaban J connectivity index is 1.70. The summed E-state index contributed by atoms with van der Waals surface area (Å²) in [5.41, 5.74) is 4.04. The molecule has 3 aromatic rings. The van der Waals surface area contributed by atoms with E-state index in [1.165, 1.54) is 18.2 Å². The third kappa shape index (κ3) is 8.06. The van der Waals surface area contributed by atoms with Gasteiger partial charge in [0.05, 0.1) is 11.3 Å². The molecular weight excluding hydrogens is 563 g/mol. The zero-order valence-electron chi connectivity index (χ0n) is 24.1. The maximum absolute atomic E-state index is 13.8. The first-order chi connectivity index (χ1) is 20.3. The number of hydrogen-bond acceptors (Lipinski definition) is 4. The molecule has 1 aliphatic carbocycles. The molecule has 1 aliphatic rings. The molecule has 43 heavy (non-hydrogen) atoms. The first-order valence-corrected chi connectivity index (χ1v) is 14.0. The van der Waals surface area contributed by atoms with E-state index < -0.39 is 36.1 Å². The highest BCUT2D eigenvalue weighted by Crippen LogP contribution is 2.33. The van der Waals surface area contributed by atoms with E-state index in [1.807, 2.05) is 32.9 Å². The van der Waals surface area contributed by atoms with Gasteiger partial charge < -0.3 is 25.8 Å². The van der Waals surface area contributed by atoms with E-state index in [4.69, 9.17) is 0 Å². The van der Waals surface area contributed by atoms with Crippen LogP contribution >= 0.6 is 0 Å². The Morgan fingerprint density at radius 3 is 2.12 bits per heavy atom. The normalized spacial score (nSPS) is 14.5. The molecule has 1 atom stereocenters. The fraction of sp³-hybridized carbons (Fsp3) is 0.344. The molecule has 3 amide bonds. The summed E-state index contributed by atoms with van der Waals surface area (Å²) in [5, 5.41) is 18.2. The average molecular weight is 598 g/mol. The van der Waals surface area contributed by atoms with Crippen molar-refractivity contribution >= 4 is 29.3 Å². The van der Waals surface area contributed by atoms with Crippen molar-refractivity contribution < 1.29 is 37.4 Å². The van der Waals surface area contributed by atoms with Gasteiger partial charge in [-0.3, -0.25) is 4.79 Å². The molecule has 4 rings (SSSR count). The van der Waals surface area contributed by atoms with Crippen molar-refractivity contribution in [2.75, 3.05) is 10.6 Å². The summed E-state index contributed by atoms with van der Waals surface area (Å²) in [6.07, 6.45) is -0.847. The summed E-state index contributed by atoms with van der Waals surface area (Å²) in [5.74, 6) is -2.59. The lowest BCUT2D eigenvalue weighted by atomic mass is 9.83. The number of hydrogen-bond donors (Lipinski definition) is 4. The number of carboxylic acid groups (broad SMARTS) is 1. The van der Waals surface area contributed by atoms with Crippen LogP contribution < -0.4 is 20.7 Å². The van der Waals surface area contributed by atoms with Gasteiger partial charge in [0.15, 0.2) is 0 Å². The first kappa shape index (κ1) is 31.4. The highest BCUT2D eigenvalue weighted by atomic mass is 19.4. The second-order valence-corrected chi connectivity index (χ2v) is 10.8. The second kappa shape index (κ2) is 13.2. The Morgan fingerprint density at radius 1 is 0.907 bits per heavy atom. The van der Waals surface area contributed by atoms with Gasteiger partial charge in [-0.2, -0.15) is 0 Å². The van der Waals surface area contributed by atoms with Gasteiger partial charge >= 0.3 is 18.4 Å². The number of benzene rings is 3. The summed E-state index contributed by atoms with van der Waals surface area (Å²) in [6.45, 7) is 5.66. The minimum atomic E-state index is -4.87. The van der Waals surface area contributed by atoms with Crippen molar-refractivity contribution in [3.8, 4) is 16.9 Å². The van der Waals surface area contributed by atoms with Crippen molar-refractivity contribution in [2.45, 2.75) is 65.3 Å². The number of ether oxygens (including phenoxy) is 1. The molecule has 11 heteroatoms. The van der Waals surface area contributed by atoms with Crippen LogP contribution in [0.15, 0.2) is 54.6 Å². The van der Waals surface area contributed by atoms with Crippen LogP contribution in [0, 0.1) is 26.7 Å². The van der Waals surface area contributed by atoms with Crippen molar-refractivity contribution in [3.05, 3.63) is 76.9 Å². The molecule has 0 spiro atoms. The number of amides is 3. The molecule has 4 N–H and O–H groups in total. The highest BCUT2D eigenvalue weighted by molar-refractivity contribution is 6.11. The van der Waals surface area contributed by atoms with E-state index in [0.29, 0.717) is 24.1 Å². The highest BCUT2D eigenvalue weighted by Gasteiger charge is 2.33. The van der Waals surface area contributed by atoms with Gasteiger partial charge in [-0.05, 0) is 80.0 Å². The summed E-state index contributed by atoms with van der Waals surface area (Å²) in [7, 11) is 0. The van der Waals surface area contributed by atoms with Crippen LogP contribution in [0.2, 0.25) is 0 Å². The van der Waals surface area contributed by atoms with Crippen molar-refractivity contribution in [1.29, 1.82) is 0 Å². The standard InChI is InChI=1S/C32H34F3N3O5/c1-18-16-19(2)27(20(3)17-18)38-31(42)36-25-11-7-10-24(21-12-14-23(15-13-21)43-32(33,34)35)26(25)29(39)37-28(30(40)41)22-8-5-4-6-9-22/h7,10-17,22,28H,4-6,8-9H2,1-3H3,(H,37,39)(H,40,41)(H2,36,38,42)/t28-/m0/s1. The van der Waals surface area contributed by atoms with Crippen LogP contribution in [0.25, 0.3) is 11.1 Å². The van der Waals surface area contributed by atoms with Crippen LogP contribution in [0.4, 0.5) is 29.3 Å².